The van der Waals surface area contributed by atoms with Crippen LogP contribution in [0, 0.1) is 0 Å². The maximum atomic E-state index is 6.08. The number of rotatable bonds is 2. The van der Waals surface area contributed by atoms with E-state index in [-0.39, 0.29) is 0 Å². The third-order valence-electron chi connectivity index (χ3n) is 2.64. The van der Waals surface area contributed by atoms with Gasteiger partial charge in [0.2, 0.25) is 0 Å². The number of nitrogens with one attached hydrogen (secondary N) is 1. The summed E-state index contributed by atoms with van der Waals surface area (Å²) < 4.78 is 5.54. The first-order valence-electron chi connectivity index (χ1n) is 5.51. The molecule has 19 heavy (non-hydrogen) atoms. The van der Waals surface area contributed by atoms with Gasteiger partial charge in [0, 0.05) is 0 Å². The highest BCUT2D eigenvalue weighted by molar-refractivity contribution is 6.43. The fourth-order valence-electron chi connectivity index (χ4n) is 1.74. The van der Waals surface area contributed by atoms with Crippen molar-refractivity contribution in [2.24, 2.45) is 0 Å². The Bertz CT molecular complexity index is 755. The fourth-order valence-corrected chi connectivity index (χ4v) is 2.09. The van der Waals surface area contributed by atoms with Gasteiger partial charge in [-0.2, -0.15) is 4.98 Å². The Morgan fingerprint density at radius 2 is 1.89 bits per heavy atom. The van der Waals surface area contributed by atoms with Crippen molar-refractivity contribution in [1.82, 2.24) is 4.98 Å². The molecule has 0 unspecified atom stereocenters. The second kappa shape index (κ2) is 4.64. The number of halogens is 2. The molecular weight excluding hydrogens is 285 g/mol. The van der Waals surface area contributed by atoms with Crippen molar-refractivity contribution >= 4 is 51.7 Å². The van der Waals surface area contributed by atoms with E-state index in [2.05, 4.69) is 10.3 Å². The smallest absolute Gasteiger partial charge is 0.300 e. The Morgan fingerprint density at radius 1 is 1.11 bits per heavy atom. The van der Waals surface area contributed by atoms with Crippen LogP contribution >= 0.6 is 23.2 Å². The van der Waals surface area contributed by atoms with Crippen LogP contribution in [-0.4, -0.2) is 4.98 Å². The Labute approximate surface area is 119 Å². The summed E-state index contributed by atoms with van der Waals surface area (Å²) in [6.45, 7) is 0. The number of nitrogen functional groups attached to an aromatic ring is 1. The molecular formula is C13H9Cl2N3O. The first kappa shape index (κ1) is 12.1. The van der Waals surface area contributed by atoms with Gasteiger partial charge in [0.25, 0.3) is 6.01 Å². The van der Waals surface area contributed by atoms with Crippen LogP contribution in [0.4, 0.5) is 17.4 Å². The van der Waals surface area contributed by atoms with Crippen LogP contribution in [0.25, 0.3) is 11.1 Å². The van der Waals surface area contributed by atoms with E-state index >= 15 is 0 Å². The van der Waals surface area contributed by atoms with Crippen LogP contribution in [-0.2, 0) is 0 Å². The number of nitrogens with zero attached hydrogens (tertiary/aromatic N) is 1. The van der Waals surface area contributed by atoms with Crippen molar-refractivity contribution < 1.29 is 4.42 Å². The molecule has 3 rings (SSSR count). The van der Waals surface area contributed by atoms with Gasteiger partial charge < -0.3 is 15.5 Å². The average Bonchev–Trinajstić information content (AvgIpc) is 2.79. The van der Waals surface area contributed by atoms with Crippen LogP contribution in [0.2, 0.25) is 10.0 Å². The molecule has 0 spiro atoms. The molecule has 0 bridgehead atoms. The second-order valence-corrected chi connectivity index (χ2v) is 4.72. The summed E-state index contributed by atoms with van der Waals surface area (Å²) in [7, 11) is 0. The summed E-state index contributed by atoms with van der Waals surface area (Å²) in [5, 5.41) is 3.86. The van der Waals surface area contributed by atoms with Crippen molar-refractivity contribution in [3.8, 4) is 0 Å². The lowest BCUT2D eigenvalue weighted by Crippen LogP contribution is -1.91. The monoisotopic (exact) mass is 293 g/mol. The van der Waals surface area contributed by atoms with E-state index < -0.39 is 0 Å². The highest BCUT2D eigenvalue weighted by atomic mass is 35.5. The molecule has 3 aromatic rings. The SMILES string of the molecule is Nc1cccc2oc(Nc3cccc(Cl)c3Cl)nc12. The predicted octanol–water partition coefficient (Wildman–Crippen LogP) is 4.46. The van der Waals surface area contributed by atoms with Crippen LogP contribution in [0.1, 0.15) is 0 Å². The highest BCUT2D eigenvalue weighted by Gasteiger charge is 2.10. The van der Waals surface area contributed by atoms with Crippen molar-refractivity contribution in [2.45, 2.75) is 0 Å². The molecule has 1 aromatic heterocycles. The number of oxazole rings is 1. The van der Waals surface area contributed by atoms with E-state index in [4.69, 9.17) is 33.4 Å². The molecule has 0 aliphatic heterocycles. The molecule has 0 amide bonds. The van der Waals surface area contributed by atoms with Gasteiger partial charge in [-0.1, -0.05) is 35.3 Å². The van der Waals surface area contributed by atoms with Gasteiger partial charge in [-0.3, -0.25) is 0 Å². The molecule has 96 valence electrons. The summed E-state index contributed by atoms with van der Waals surface area (Å²) in [4.78, 5) is 4.27. The topological polar surface area (TPSA) is 64.1 Å². The van der Waals surface area contributed by atoms with Gasteiger partial charge in [-0.05, 0) is 24.3 Å². The lowest BCUT2D eigenvalue weighted by Gasteiger charge is -2.04. The number of hydrogen-bond donors (Lipinski definition) is 2. The number of anilines is 3. The van der Waals surface area contributed by atoms with E-state index in [1.807, 2.05) is 0 Å². The first-order valence-corrected chi connectivity index (χ1v) is 6.27. The summed E-state index contributed by atoms with van der Waals surface area (Å²) in [6.07, 6.45) is 0. The molecule has 3 N–H and O–H groups in total. The molecule has 2 aromatic carbocycles. The summed E-state index contributed by atoms with van der Waals surface area (Å²) in [5.41, 5.74) is 8.23. The Hall–Kier alpha value is -1.91. The molecule has 0 atom stereocenters. The van der Waals surface area contributed by atoms with Crippen molar-refractivity contribution in [2.75, 3.05) is 11.1 Å². The maximum absolute atomic E-state index is 6.08. The fraction of sp³-hybridized carbons (Fsp3) is 0. The largest absolute Gasteiger partial charge is 0.423 e. The Morgan fingerprint density at radius 3 is 2.68 bits per heavy atom. The molecule has 1 heterocycles. The minimum Gasteiger partial charge on any atom is -0.423 e. The molecule has 0 fully saturated rings. The average molecular weight is 294 g/mol. The third-order valence-corrected chi connectivity index (χ3v) is 3.46. The van der Waals surface area contributed by atoms with E-state index in [0.29, 0.717) is 38.5 Å². The summed E-state index contributed by atoms with van der Waals surface area (Å²) in [5.74, 6) is 0. The lowest BCUT2D eigenvalue weighted by atomic mass is 10.3. The zero-order valence-corrected chi connectivity index (χ0v) is 11.2. The molecule has 0 saturated heterocycles. The zero-order chi connectivity index (χ0) is 13.4. The molecule has 0 radical (unpaired) electrons. The lowest BCUT2D eigenvalue weighted by molar-refractivity contribution is 0.623. The number of aromatic nitrogens is 1. The van der Waals surface area contributed by atoms with Crippen molar-refractivity contribution in [3.63, 3.8) is 0 Å². The molecule has 0 aliphatic rings. The number of nitrogens with two attached hydrogens (primary N) is 1. The first-order chi connectivity index (χ1) is 9.15. The van der Waals surface area contributed by atoms with E-state index in [0.717, 1.165) is 0 Å². The van der Waals surface area contributed by atoms with Crippen LogP contribution in [0.3, 0.4) is 0 Å². The number of fused-ring (bicyclic) bond motifs is 1. The third kappa shape index (κ3) is 2.20. The molecule has 4 nitrogen and oxygen atoms in total. The van der Waals surface area contributed by atoms with Gasteiger partial charge in [-0.25, -0.2) is 0 Å². The van der Waals surface area contributed by atoms with Gasteiger partial charge in [-0.15, -0.1) is 0 Å². The van der Waals surface area contributed by atoms with E-state index in [9.17, 15) is 0 Å². The maximum Gasteiger partial charge on any atom is 0.300 e. The number of para-hydroxylation sites is 1. The number of hydrogen-bond acceptors (Lipinski definition) is 4. The predicted molar refractivity (Wildman–Crippen MR) is 78.2 cm³/mol. The van der Waals surface area contributed by atoms with E-state index in [1.54, 1.807) is 36.4 Å². The Kier molecular flexibility index (Phi) is 2.97. The van der Waals surface area contributed by atoms with Crippen molar-refractivity contribution in [1.29, 1.82) is 0 Å². The minimum absolute atomic E-state index is 0.317. The quantitative estimate of drug-likeness (QED) is 0.685. The molecule has 0 saturated carbocycles. The highest BCUT2D eigenvalue weighted by Crippen LogP contribution is 2.32. The summed E-state index contributed by atoms with van der Waals surface area (Å²) in [6, 6.07) is 11.0. The normalized spacial score (nSPS) is 10.8. The summed E-state index contributed by atoms with van der Waals surface area (Å²) >= 11 is 12.0. The van der Waals surface area contributed by atoms with Crippen LogP contribution in [0.5, 0.6) is 0 Å². The molecule has 6 heteroatoms. The Balaban J connectivity index is 2.02. The van der Waals surface area contributed by atoms with Gasteiger partial charge in [0.1, 0.15) is 5.52 Å². The van der Waals surface area contributed by atoms with Crippen molar-refractivity contribution in [3.05, 3.63) is 46.4 Å². The zero-order valence-electron chi connectivity index (χ0n) is 9.65. The van der Waals surface area contributed by atoms with Gasteiger partial charge in [0.05, 0.1) is 21.4 Å². The second-order valence-electron chi connectivity index (χ2n) is 3.94. The van der Waals surface area contributed by atoms with Gasteiger partial charge in [0.15, 0.2) is 5.58 Å². The standard InChI is InChI=1S/C13H9Cl2N3O/c14-7-3-1-5-9(11(7)15)17-13-18-12-8(16)4-2-6-10(12)19-13/h1-6H,16H2,(H,17,18). The van der Waals surface area contributed by atoms with Gasteiger partial charge >= 0.3 is 0 Å². The molecule has 0 aliphatic carbocycles. The van der Waals surface area contributed by atoms with Crippen LogP contribution < -0.4 is 11.1 Å². The number of benzene rings is 2. The minimum atomic E-state index is 0.317. The van der Waals surface area contributed by atoms with E-state index in [1.165, 1.54) is 0 Å². The van der Waals surface area contributed by atoms with Crippen LogP contribution in [0.15, 0.2) is 40.8 Å².